The molecule has 0 spiro atoms. The van der Waals surface area contributed by atoms with Crippen molar-refractivity contribution in [3.8, 4) is 0 Å². The van der Waals surface area contributed by atoms with Crippen molar-refractivity contribution in [3.63, 3.8) is 0 Å². The summed E-state index contributed by atoms with van der Waals surface area (Å²) in [6.07, 6.45) is 1.73. The van der Waals surface area contributed by atoms with Crippen LogP contribution in [0.5, 0.6) is 0 Å². The van der Waals surface area contributed by atoms with Crippen LogP contribution >= 0.6 is 0 Å². The molecule has 1 aliphatic carbocycles. The van der Waals surface area contributed by atoms with Gasteiger partial charge in [0.25, 0.3) is 0 Å². The van der Waals surface area contributed by atoms with E-state index < -0.39 is 0 Å². The van der Waals surface area contributed by atoms with Gasteiger partial charge in [0.2, 0.25) is 0 Å². The number of hydrogen-bond acceptors (Lipinski definition) is 3. The Morgan fingerprint density at radius 2 is 2.22 bits per heavy atom. The summed E-state index contributed by atoms with van der Waals surface area (Å²) in [6.45, 7) is 5.97. The van der Waals surface area contributed by atoms with E-state index in [9.17, 15) is 9.90 Å². The molecule has 1 aliphatic heterocycles. The van der Waals surface area contributed by atoms with Gasteiger partial charge in [0, 0.05) is 6.54 Å². The largest absolute Gasteiger partial charge is 0.394 e. The van der Waals surface area contributed by atoms with Crippen LogP contribution in [-0.4, -0.2) is 48.4 Å². The van der Waals surface area contributed by atoms with Crippen molar-refractivity contribution < 1.29 is 14.6 Å². The topological polar surface area (TPSA) is 61.8 Å². The number of benzene rings is 1. The SMILES string of the molecule is CC1(C)CC[C@@H](NC(=O)N2CCO[C@@H](CO)C2)c2ccccc21. The standard InChI is InChI=1S/C18H26N2O3/c1-18(2)8-7-16(14-5-3-4-6-15(14)18)19-17(22)20-9-10-23-13(11-20)12-21/h3-6,13,16,21H,7-12H2,1-2H3,(H,19,22)/t13-,16-/m1/s1. The molecule has 0 bridgehead atoms. The lowest BCUT2D eigenvalue weighted by Crippen LogP contribution is -2.51. The minimum Gasteiger partial charge on any atom is -0.394 e. The van der Waals surface area contributed by atoms with Gasteiger partial charge in [0.15, 0.2) is 0 Å². The van der Waals surface area contributed by atoms with E-state index in [4.69, 9.17) is 4.74 Å². The Hall–Kier alpha value is -1.59. The molecule has 0 unspecified atom stereocenters. The van der Waals surface area contributed by atoms with Crippen molar-refractivity contribution in [2.45, 2.75) is 44.2 Å². The Morgan fingerprint density at radius 1 is 1.43 bits per heavy atom. The highest BCUT2D eigenvalue weighted by atomic mass is 16.5. The zero-order chi connectivity index (χ0) is 16.4. The first-order chi connectivity index (χ1) is 11.0. The fourth-order valence-corrected chi connectivity index (χ4v) is 3.62. The second kappa shape index (κ2) is 6.49. The van der Waals surface area contributed by atoms with E-state index in [1.165, 1.54) is 11.1 Å². The number of fused-ring (bicyclic) bond motifs is 1. The van der Waals surface area contributed by atoms with Crippen LogP contribution in [0.25, 0.3) is 0 Å². The van der Waals surface area contributed by atoms with Crippen molar-refractivity contribution in [2.75, 3.05) is 26.3 Å². The third-order valence-corrected chi connectivity index (χ3v) is 5.05. The highest BCUT2D eigenvalue weighted by Crippen LogP contribution is 2.41. The van der Waals surface area contributed by atoms with Crippen molar-refractivity contribution >= 4 is 6.03 Å². The monoisotopic (exact) mass is 318 g/mol. The molecular formula is C18H26N2O3. The quantitative estimate of drug-likeness (QED) is 0.879. The molecule has 2 atom stereocenters. The van der Waals surface area contributed by atoms with Gasteiger partial charge in [-0.2, -0.15) is 0 Å². The minimum atomic E-state index is -0.271. The van der Waals surface area contributed by atoms with Crippen molar-refractivity contribution in [1.82, 2.24) is 10.2 Å². The molecule has 23 heavy (non-hydrogen) atoms. The number of nitrogens with one attached hydrogen (secondary N) is 1. The zero-order valence-electron chi connectivity index (χ0n) is 13.9. The van der Waals surface area contributed by atoms with Gasteiger partial charge in [-0.1, -0.05) is 38.1 Å². The number of carbonyl (C=O) groups is 1. The average molecular weight is 318 g/mol. The van der Waals surface area contributed by atoms with Crippen LogP contribution in [0.3, 0.4) is 0 Å². The zero-order valence-corrected chi connectivity index (χ0v) is 13.9. The van der Waals surface area contributed by atoms with E-state index in [1.54, 1.807) is 4.90 Å². The Labute approximate surface area is 137 Å². The van der Waals surface area contributed by atoms with Crippen LogP contribution in [-0.2, 0) is 10.2 Å². The van der Waals surface area contributed by atoms with E-state index in [0.717, 1.165) is 12.8 Å². The number of ether oxygens (including phenoxy) is 1. The number of amides is 2. The molecule has 0 radical (unpaired) electrons. The predicted molar refractivity (Wildman–Crippen MR) is 88.4 cm³/mol. The number of urea groups is 1. The summed E-state index contributed by atoms with van der Waals surface area (Å²) < 4.78 is 5.41. The number of aliphatic hydroxyl groups is 1. The summed E-state index contributed by atoms with van der Waals surface area (Å²) in [5, 5.41) is 12.4. The lowest BCUT2D eigenvalue weighted by molar-refractivity contribution is -0.0405. The Morgan fingerprint density at radius 3 is 3.00 bits per heavy atom. The molecule has 3 rings (SSSR count). The number of hydrogen-bond donors (Lipinski definition) is 2. The molecule has 1 heterocycles. The molecule has 1 saturated heterocycles. The summed E-state index contributed by atoms with van der Waals surface area (Å²) in [7, 11) is 0. The van der Waals surface area contributed by atoms with Crippen LogP contribution in [0.4, 0.5) is 4.79 Å². The second-order valence-corrected chi connectivity index (χ2v) is 7.13. The number of nitrogens with zero attached hydrogens (tertiary/aromatic N) is 1. The molecule has 1 aromatic rings. The Bertz CT molecular complexity index is 573. The van der Waals surface area contributed by atoms with Gasteiger partial charge in [-0.15, -0.1) is 0 Å². The van der Waals surface area contributed by atoms with E-state index >= 15 is 0 Å². The van der Waals surface area contributed by atoms with Gasteiger partial charge in [0.05, 0.1) is 31.9 Å². The molecule has 0 aromatic heterocycles. The van der Waals surface area contributed by atoms with Crippen LogP contribution in [0.1, 0.15) is 43.9 Å². The molecule has 0 saturated carbocycles. The third kappa shape index (κ3) is 3.35. The van der Waals surface area contributed by atoms with E-state index in [2.05, 4.69) is 37.4 Å². The molecule has 2 aliphatic rings. The lowest BCUT2D eigenvalue weighted by atomic mass is 9.71. The third-order valence-electron chi connectivity index (χ3n) is 5.05. The van der Waals surface area contributed by atoms with Crippen molar-refractivity contribution in [3.05, 3.63) is 35.4 Å². The lowest BCUT2D eigenvalue weighted by Gasteiger charge is -2.39. The second-order valence-electron chi connectivity index (χ2n) is 7.13. The van der Waals surface area contributed by atoms with Crippen molar-refractivity contribution in [2.24, 2.45) is 0 Å². The summed E-state index contributed by atoms with van der Waals surface area (Å²) in [5.41, 5.74) is 2.70. The summed E-state index contributed by atoms with van der Waals surface area (Å²) in [4.78, 5) is 14.3. The molecule has 1 fully saturated rings. The van der Waals surface area contributed by atoms with E-state index in [0.29, 0.717) is 19.7 Å². The number of morpholine rings is 1. The van der Waals surface area contributed by atoms with Crippen LogP contribution < -0.4 is 5.32 Å². The first-order valence-corrected chi connectivity index (χ1v) is 8.38. The van der Waals surface area contributed by atoms with Crippen LogP contribution in [0, 0.1) is 0 Å². The van der Waals surface area contributed by atoms with Gasteiger partial charge in [-0.25, -0.2) is 4.79 Å². The van der Waals surface area contributed by atoms with Crippen LogP contribution in [0.15, 0.2) is 24.3 Å². The molecular weight excluding hydrogens is 292 g/mol. The van der Waals surface area contributed by atoms with Crippen molar-refractivity contribution in [1.29, 1.82) is 0 Å². The minimum absolute atomic E-state index is 0.0514. The molecule has 2 amide bonds. The Balaban J connectivity index is 1.72. The summed E-state index contributed by atoms with van der Waals surface area (Å²) >= 11 is 0. The van der Waals surface area contributed by atoms with Gasteiger partial charge >= 0.3 is 6.03 Å². The van der Waals surface area contributed by atoms with E-state index in [-0.39, 0.29) is 30.2 Å². The van der Waals surface area contributed by atoms with Gasteiger partial charge in [-0.3, -0.25) is 0 Å². The summed E-state index contributed by atoms with van der Waals surface area (Å²) in [6, 6.07) is 8.39. The highest BCUT2D eigenvalue weighted by molar-refractivity contribution is 5.75. The predicted octanol–water partition coefficient (Wildman–Crippen LogP) is 2.20. The Kier molecular flexibility index (Phi) is 4.60. The normalized spacial score (nSPS) is 26.5. The van der Waals surface area contributed by atoms with Gasteiger partial charge in [0.1, 0.15) is 0 Å². The first kappa shape index (κ1) is 16.3. The average Bonchev–Trinajstić information content (AvgIpc) is 2.57. The maximum absolute atomic E-state index is 12.6. The highest BCUT2D eigenvalue weighted by Gasteiger charge is 2.34. The first-order valence-electron chi connectivity index (χ1n) is 8.38. The number of carbonyl (C=O) groups excluding carboxylic acids is 1. The maximum Gasteiger partial charge on any atom is 0.318 e. The summed E-state index contributed by atoms with van der Waals surface area (Å²) in [5.74, 6) is 0. The molecule has 126 valence electrons. The number of rotatable bonds is 2. The molecule has 5 nitrogen and oxygen atoms in total. The van der Waals surface area contributed by atoms with E-state index in [1.807, 2.05) is 6.07 Å². The van der Waals surface area contributed by atoms with Gasteiger partial charge in [-0.05, 0) is 29.4 Å². The van der Waals surface area contributed by atoms with Crippen LogP contribution in [0.2, 0.25) is 0 Å². The number of aliphatic hydroxyl groups excluding tert-OH is 1. The molecule has 2 N–H and O–H groups in total. The fourth-order valence-electron chi connectivity index (χ4n) is 3.62. The molecule has 5 heteroatoms. The fraction of sp³-hybridized carbons (Fsp3) is 0.611. The maximum atomic E-state index is 12.6. The smallest absolute Gasteiger partial charge is 0.318 e. The molecule has 1 aromatic carbocycles. The van der Waals surface area contributed by atoms with Gasteiger partial charge < -0.3 is 20.1 Å².